The van der Waals surface area contributed by atoms with Gasteiger partial charge in [-0.3, -0.25) is 9.59 Å². The minimum atomic E-state index is -0.217. The largest absolute Gasteiger partial charge is 0.352 e. The van der Waals surface area contributed by atoms with E-state index in [0.717, 1.165) is 0 Å². The molecule has 0 aromatic heterocycles. The Bertz CT molecular complexity index is 745. The predicted molar refractivity (Wildman–Crippen MR) is 101 cm³/mol. The highest BCUT2D eigenvalue weighted by atomic mass is 19.1. The van der Waals surface area contributed by atoms with E-state index in [4.69, 9.17) is 0 Å². The summed E-state index contributed by atoms with van der Waals surface area (Å²) in [5, 5.41) is 5.59. The summed E-state index contributed by atoms with van der Waals surface area (Å²) < 4.78 is 13.5. The summed E-state index contributed by atoms with van der Waals surface area (Å²) >= 11 is 0. The van der Waals surface area contributed by atoms with Gasteiger partial charge in [0.25, 0.3) is 5.91 Å². The van der Waals surface area contributed by atoms with Crippen molar-refractivity contribution in [1.29, 1.82) is 0 Å². The number of amides is 2. The molecule has 5 nitrogen and oxygen atoms in total. The second-order valence-corrected chi connectivity index (χ2v) is 6.31. The monoisotopic (exact) mass is 357 g/mol. The third-order valence-corrected chi connectivity index (χ3v) is 3.76. The molecule has 0 saturated carbocycles. The number of nitrogens with zero attached hydrogens (tertiary/aromatic N) is 1. The summed E-state index contributed by atoms with van der Waals surface area (Å²) in [5.41, 5.74) is 1.81. The fourth-order valence-corrected chi connectivity index (χ4v) is 2.48. The summed E-state index contributed by atoms with van der Waals surface area (Å²) in [7, 11) is 3.64. The molecule has 138 valence electrons. The van der Waals surface area contributed by atoms with Crippen LogP contribution in [0.15, 0.2) is 48.5 Å². The van der Waals surface area contributed by atoms with Crippen LogP contribution >= 0.6 is 0 Å². The topological polar surface area (TPSA) is 61.4 Å². The van der Waals surface area contributed by atoms with Gasteiger partial charge < -0.3 is 15.5 Å². The second kappa shape index (κ2) is 9.68. The SMILES string of the molecule is CN(C)CC(=O)Nc1ccc(C(=O)NCCCc2ccccc2F)cc1. The summed E-state index contributed by atoms with van der Waals surface area (Å²) in [5.74, 6) is -0.518. The summed E-state index contributed by atoms with van der Waals surface area (Å²) in [4.78, 5) is 25.6. The highest BCUT2D eigenvalue weighted by Crippen LogP contribution is 2.10. The number of anilines is 1. The molecule has 6 heteroatoms. The van der Waals surface area contributed by atoms with Crippen LogP contribution in [0.4, 0.5) is 10.1 Å². The van der Waals surface area contributed by atoms with Crippen LogP contribution in [-0.4, -0.2) is 43.9 Å². The third-order valence-electron chi connectivity index (χ3n) is 3.76. The van der Waals surface area contributed by atoms with Crippen LogP contribution in [0.25, 0.3) is 0 Å². The zero-order valence-corrected chi connectivity index (χ0v) is 15.1. The van der Waals surface area contributed by atoms with Gasteiger partial charge in [-0.2, -0.15) is 0 Å². The van der Waals surface area contributed by atoms with Crippen molar-refractivity contribution in [2.75, 3.05) is 32.5 Å². The molecule has 0 fully saturated rings. The van der Waals surface area contributed by atoms with Crippen LogP contribution in [-0.2, 0) is 11.2 Å². The van der Waals surface area contributed by atoms with Crippen molar-refractivity contribution < 1.29 is 14.0 Å². The van der Waals surface area contributed by atoms with Crippen molar-refractivity contribution in [2.45, 2.75) is 12.8 Å². The highest BCUT2D eigenvalue weighted by molar-refractivity contribution is 5.96. The Balaban J connectivity index is 1.77. The number of likely N-dealkylation sites (N-methyl/N-ethyl adjacent to an activating group) is 1. The van der Waals surface area contributed by atoms with E-state index in [0.29, 0.717) is 42.7 Å². The molecule has 2 rings (SSSR count). The van der Waals surface area contributed by atoms with E-state index < -0.39 is 0 Å². The molecule has 0 aliphatic carbocycles. The number of hydrogen-bond donors (Lipinski definition) is 2. The predicted octanol–water partition coefficient (Wildman–Crippen LogP) is 2.69. The molecule has 2 aromatic carbocycles. The summed E-state index contributed by atoms with van der Waals surface area (Å²) in [6.45, 7) is 0.763. The highest BCUT2D eigenvalue weighted by Gasteiger charge is 2.07. The molecule has 0 radical (unpaired) electrons. The Hall–Kier alpha value is -2.73. The van der Waals surface area contributed by atoms with E-state index in [1.54, 1.807) is 47.4 Å². The second-order valence-electron chi connectivity index (χ2n) is 6.31. The Morgan fingerprint density at radius 2 is 1.73 bits per heavy atom. The van der Waals surface area contributed by atoms with E-state index in [2.05, 4.69) is 10.6 Å². The Labute approximate surface area is 153 Å². The van der Waals surface area contributed by atoms with Gasteiger partial charge in [0.15, 0.2) is 0 Å². The molecule has 0 atom stereocenters. The first-order valence-corrected chi connectivity index (χ1v) is 8.52. The molecular formula is C20H24FN3O2. The maximum Gasteiger partial charge on any atom is 0.251 e. The van der Waals surface area contributed by atoms with Crippen molar-refractivity contribution in [1.82, 2.24) is 10.2 Å². The number of aryl methyl sites for hydroxylation is 1. The van der Waals surface area contributed by atoms with Crippen LogP contribution in [0.3, 0.4) is 0 Å². The van der Waals surface area contributed by atoms with E-state index >= 15 is 0 Å². The zero-order valence-electron chi connectivity index (χ0n) is 15.1. The van der Waals surface area contributed by atoms with Crippen molar-refractivity contribution >= 4 is 17.5 Å². The van der Waals surface area contributed by atoms with Crippen molar-refractivity contribution in [3.05, 3.63) is 65.5 Å². The van der Waals surface area contributed by atoms with E-state index in [9.17, 15) is 14.0 Å². The van der Waals surface area contributed by atoms with Crippen LogP contribution < -0.4 is 10.6 Å². The molecule has 2 amide bonds. The average molecular weight is 357 g/mol. The van der Waals surface area contributed by atoms with Gasteiger partial charge in [-0.25, -0.2) is 4.39 Å². The standard InChI is InChI=1S/C20H24FN3O2/c1-24(2)14-19(25)23-17-11-9-16(10-12-17)20(26)22-13-5-7-15-6-3-4-8-18(15)21/h3-4,6,8-12H,5,7,13-14H2,1-2H3,(H,22,26)(H,23,25). The molecule has 0 saturated heterocycles. The normalized spacial score (nSPS) is 10.6. The maximum absolute atomic E-state index is 13.5. The average Bonchev–Trinajstić information content (AvgIpc) is 2.60. The number of carbonyl (C=O) groups excluding carboxylic acids is 2. The molecule has 26 heavy (non-hydrogen) atoms. The minimum Gasteiger partial charge on any atom is -0.352 e. The van der Waals surface area contributed by atoms with Crippen molar-refractivity contribution in [2.24, 2.45) is 0 Å². The Morgan fingerprint density at radius 1 is 1.04 bits per heavy atom. The zero-order chi connectivity index (χ0) is 18.9. The van der Waals surface area contributed by atoms with Crippen LogP contribution in [0, 0.1) is 5.82 Å². The molecule has 0 heterocycles. The lowest BCUT2D eigenvalue weighted by molar-refractivity contribution is -0.116. The molecule has 0 unspecified atom stereocenters. The van der Waals surface area contributed by atoms with Gasteiger partial charge in [0, 0.05) is 17.8 Å². The van der Waals surface area contributed by atoms with Crippen molar-refractivity contribution in [3.63, 3.8) is 0 Å². The fraction of sp³-hybridized carbons (Fsp3) is 0.300. The molecule has 0 spiro atoms. The van der Waals surface area contributed by atoms with E-state index in [-0.39, 0.29) is 17.6 Å². The number of halogens is 1. The van der Waals surface area contributed by atoms with Gasteiger partial charge in [-0.15, -0.1) is 0 Å². The quantitative estimate of drug-likeness (QED) is 0.714. The number of nitrogens with one attached hydrogen (secondary N) is 2. The third kappa shape index (κ3) is 6.29. The van der Waals surface area contributed by atoms with Crippen LogP contribution in [0.2, 0.25) is 0 Å². The van der Waals surface area contributed by atoms with Crippen LogP contribution in [0.5, 0.6) is 0 Å². The van der Waals surface area contributed by atoms with Crippen LogP contribution in [0.1, 0.15) is 22.3 Å². The minimum absolute atomic E-state index is 0.111. The molecule has 2 aromatic rings. The van der Waals surface area contributed by atoms with Gasteiger partial charge in [-0.05, 0) is 62.8 Å². The lowest BCUT2D eigenvalue weighted by Crippen LogP contribution is -2.27. The first kappa shape index (κ1) is 19.6. The number of carbonyl (C=O) groups is 2. The van der Waals surface area contributed by atoms with Gasteiger partial charge in [0.05, 0.1) is 6.54 Å². The maximum atomic E-state index is 13.5. The van der Waals surface area contributed by atoms with Crippen molar-refractivity contribution in [3.8, 4) is 0 Å². The van der Waals surface area contributed by atoms with E-state index in [1.807, 2.05) is 14.1 Å². The smallest absolute Gasteiger partial charge is 0.251 e. The lowest BCUT2D eigenvalue weighted by Gasteiger charge is -2.10. The Morgan fingerprint density at radius 3 is 2.38 bits per heavy atom. The lowest BCUT2D eigenvalue weighted by atomic mass is 10.1. The van der Waals surface area contributed by atoms with Gasteiger partial charge in [0.1, 0.15) is 5.82 Å². The number of hydrogen-bond acceptors (Lipinski definition) is 3. The first-order chi connectivity index (χ1) is 12.5. The molecule has 0 aliphatic heterocycles. The number of rotatable bonds is 8. The molecule has 0 aliphatic rings. The molecule has 2 N–H and O–H groups in total. The van der Waals surface area contributed by atoms with Gasteiger partial charge >= 0.3 is 0 Å². The summed E-state index contributed by atoms with van der Waals surface area (Å²) in [6, 6.07) is 13.4. The van der Waals surface area contributed by atoms with E-state index in [1.165, 1.54) is 6.07 Å². The van der Waals surface area contributed by atoms with Gasteiger partial charge in [0.2, 0.25) is 5.91 Å². The fourth-order valence-electron chi connectivity index (χ4n) is 2.48. The molecule has 0 bridgehead atoms. The molecular weight excluding hydrogens is 333 g/mol. The van der Waals surface area contributed by atoms with Gasteiger partial charge in [-0.1, -0.05) is 18.2 Å². The number of benzene rings is 2. The summed E-state index contributed by atoms with van der Waals surface area (Å²) in [6.07, 6.45) is 1.23. The first-order valence-electron chi connectivity index (χ1n) is 8.52. The Kier molecular flexibility index (Phi) is 7.29.